The van der Waals surface area contributed by atoms with Crippen LogP contribution in [0.15, 0.2) is 24.3 Å². The number of amides is 1. The maximum absolute atomic E-state index is 12.2. The summed E-state index contributed by atoms with van der Waals surface area (Å²) in [5, 5.41) is 2.82. The van der Waals surface area contributed by atoms with Gasteiger partial charge in [0, 0.05) is 5.56 Å². The van der Waals surface area contributed by atoms with E-state index in [2.05, 4.69) is 5.32 Å². The van der Waals surface area contributed by atoms with Crippen molar-refractivity contribution < 1.29 is 9.69 Å². The van der Waals surface area contributed by atoms with E-state index in [-0.39, 0.29) is 5.91 Å². The van der Waals surface area contributed by atoms with Crippen LogP contribution in [0.25, 0.3) is 0 Å². The van der Waals surface area contributed by atoms with Gasteiger partial charge in [-0.2, -0.15) is 0 Å². The van der Waals surface area contributed by atoms with Crippen LogP contribution in [0.2, 0.25) is 0 Å². The van der Waals surface area contributed by atoms with E-state index in [1.54, 1.807) is 12.1 Å². The van der Waals surface area contributed by atoms with Gasteiger partial charge in [0.05, 0.1) is 13.1 Å². The normalized spacial score (nSPS) is 13.3. The second-order valence-corrected chi connectivity index (χ2v) is 7.05. The predicted molar refractivity (Wildman–Crippen MR) is 84.8 cm³/mol. The third-order valence-electron chi connectivity index (χ3n) is 3.23. The molecule has 6 heteroatoms. The summed E-state index contributed by atoms with van der Waals surface area (Å²) in [5.74, 6) is -0.235. The quantitative estimate of drug-likeness (QED) is 0.627. The van der Waals surface area contributed by atoms with E-state index < -0.39 is 9.96 Å². The third-order valence-corrected chi connectivity index (χ3v) is 3.89. The van der Waals surface area contributed by atoms with Crippen molar-refractivity contribution in [3.05, 3.63) is 35.4 Å². The lowest BCUT2D eigenvalue weighted by atomic mass is 10.1. The Morgan fingerprint density at radius 1 is 1.20 bits per heavy atom. The third kappa shape index (κ3) is 4.81. The standard InChI is InChI=1S/C14H19Cl3N2O/c1-4-19(5-2)13(14(15,16)17)18-12(20)11-8-6-10(3)7-9-11/h6-9,13H,4-5H2,1-3H3,(H,18,20)/p+1/t13-/m1/s1. The molecule has 1 rings (SSSR count). The molecule has 0 heterocycles. The average Bonchev–Trinajstić information content (AvgIpc) is 2.38. The molecule has 0 unspecified atom stereocenters. The van der Waals surface area contributed by atoms with Crippen LogP contribution in [0.5, 0.6) is 0 Å². The number of alkyl halides is 3. The minimum Gasteiger partial charge on any atom is -0.312 e. The number of halogens is 3. The molecule has 0 aromatic heterocycles. The van der Waals surface area contributed by atoms with Crippen molar-refractivity contribution in [2.75, 3.05) is 13.1 Å². The molecular formula is C14H20Cl3N2O+. The number of quaternary nitrogens is 1. The van der Waals surface area contributed by atoms with Crippen molar-refractivity contribution in [3.8, 4) is 0 Å². The monoisotopic (exact) mass is 337 g/mol. The van der Waals surface area contributed by atoms with Gasteiger partial charge in [-0.25, -0.2) is 0 Å². The van der Waals surface area contributed by atoms with Crippen molar-refractivity contribution in [3.63, 3.8) is 0 Å². The van der Waals surface area contributed by atoms with E-state index in [0.29, 0.717) is 5.56 Å². The topological polar surface area (TPSA) is 33.5 Å². The first-order valence-corrected chi connectivity index (χ1v) is 7.71. The molecule has 0 aliphatic heterocycles. The summed E-state index contributed by atoms with van der Waals surface area (Å²) in [6.07, 6.45) is -0.587. The maximum Gasteiger partial charge on any atom is 0.262 e. The largest absolute Gasteiger partial charge is 0.312 e. The second kappa shape index (κ2) is 7.51. The number of carbonyl (C=O) groups excluding carboxylic acids is 1. The molecule has 112 valence electrons. The van der Waals surface area contributed by atoms with E-state index in [1.807, 2.05) is 32.9 Å². The number of hydrogen-bond acceptors (Lipinski definition) is 1. The lowest BCUT2D eigenvalue weighted by molar-refractivity contribution is -0.923. The first kappa shape index (κ1) is 17.6. The highest BCUT2D eigenvalue weighted by Crippen LogP contribution is 2.28. The van der Waals surface area contributed by atoms with Crippen molar-refractivity contribution in [1.82, 2.24) is 5.32 Å². The fourth-order valence-electron chi connectivity index (χ4n) is 1.99. The Morgan fingerprint density at radius 2 is 1.70 bits per heavy atom. The highest BCUT2D eigenvalue weighted by Gasteiger charge is 2.41. The molecule has 0 aliphatic carbocycles. The fourth-order valence-corrected chi connectivity index (χ4v) is 2.62. The van der Waals surface area contributed by atoms with Crippen LogP contribution in [-0.2, 0) is 0 Å². The number of hydrogen-bond donors (Lipinski definition) is 2. The van der Waals surface area contributed by atoms with Crippen LogP contribution in [0.4, 0.5) is 0 Å². The van der Waals surface area contributed by atoms with E-state index in [1.165, 1.54) is 0 Å². The molecule has 0 fully saturated rings. The average molecular weight is 339 g/mol. The molecule has 1 atom stereocenters. The molecule has 0 radical (unpaired) electrons. The van der Waals surface area contributed by atoms with Crippen molar-refractivity contribution in [2.45, 2.75) is 30.7 Å². The van der Waals surface area contributed by atoms with Gasteiger partial charge in [0.25, 0.3) is 9.70 Å². The summed E-state index contributed by atoms with van der Waals surface area (Å²) in [7, 11) is 0. The Bertz CT molecular complexity index is 439. The minimum absolute atomic E-state index is 0.235. The van der Waals surface area contributed by atoms with Crippen LogP contribution < -0.4 is 10.2 Å². The Balaban J connectivity index is 2.89. The zero-order chi connectivity index (χ0) is 15.3. The predicted octanol–water partition coefficient (Wildman–Crippen LogP) is 2.35. The number of rotatable bonds is 5. The van der Waals surface area contributed by atoms with E-state index in [4.69, 9.17) is 34.8 Å². The van der Waals surface area contributed by atoms with Crippen LogP contribution in [-0.4, -0.2) is 29.0 Å². The SMILES string of the molecule is CC[NH+](CC)[C@@H](NC(=O)c1ccc(C)cc1)C(Cl)(Cl)Cl. The van der Waals surface area contributed by atoms with Gasteiger partial charge in [-0.15, -0.1) is 0 Å². The highest BCUT2D eigenvalue weighted by atomic mass is 35.6. The molecule has 20 heavy (non-hydrogen) atoms. The molecule has 1 aromatic carbocycles. The zero-order valence-corrected chi connectivity index (χ0v) is 14.1. The molecule has 0 aliphatic rings. The van der Waals surface area contributed by atoms with Crippen LogP contribution in [0.1, 0.15) is 29.8 Å². The van der Waals surface area contributed by atoms with E-state index in [9.17, 15) is 4.79 Å². The minimum atomic E-state index is -1.55. The van der Waals surface area contributed by atoms with Gasteiger partial charge in [-0.05, 0) is 32.9 Å². The van der Waals surface area contributed by atoms with Gasteiger partial charge in [0.1, 0.15) is 0 Å². The molecule has 1 amide bonds. The summed E-state index contributed by atoms with van der Waals surface area (Å²) in [6.45, 7) is 7.44. The Kier molecular flexibility index (Phi) is 6.59. The smallest absolute Gasteiger partial charge is 0.262 e. The van der Waals surface area contributed by atoms with Crippen LogP contribution >= 0.6 is 34.8 Å². The van der Waals surface area contributed by atoms with Gasteiger partial charge < -0.3 is 4.90 Å². The number of aryl methyl sites for hydroxylation is 1. The lowest BCUT2D eigenvalue weighted by Gasteiger charge is -2.31. The second-order valence-electron chi connectivity index (χ2n) is 4.68. The summed E-state index contributed by atoms with van der Waals surface area (Å²) >= 11 is 18.0. The molecule has 1 aromatic rings. The number of carbonyl (C=O) groups is 1. The van der Waals surface area contributed by atoms with Crippen molar-refractivity contribution >= 4 is 40.7 Å². The van der Waals surface area contributed by atoms with Crippen LogP contribution in [0, 0.1) is 6.92 Å². The van der Waals surface area contributed by atoms with E-state index >= 15 is 0 Å². The maximum atomic E-state index is 12.2. The summed E-state index contributed by atoms with van der Waals surface area (Å²) < 4.78 is -1.55. The number of nitrogens with one attached hydrogen (secondary N) is 2. The van der Waals surface area contributed by atoms with Gasteiger partial charge >= 0.3 is 0 Å². The first-order valence-electron chi connectivity index (χ1n) is 6.58. The Morgan fingerprint density at radius 3 is 2.10 bits per heavy atom. The molecule has 3 nitrogen and oxygen atoms in total. The highest BCUT2D eigenvalue weighted by molar-refractivity contribution is 6.68. The van der Waals surface area contributed by atoms with Gasteiger partial charge in [0.2, 0.25) is 6.17 Å². The Hall–Kier alpha value is -0.480. The molecular weight excluding hydrogens is 319 g/mol. The van der Waals surface area contributed by atoms with Crippen molar-refractivity contribution in [1.29, 1.82) is 0 Å². The molecule has 2 N–H and O–H groups in total. The summed E-state index contributed by atoms with van der Waals surface area (Å²) in [5.41, 5.74) is 1.65. The molecule has 0 spiro atoms. The van der Waals surface area contributed by atoms with Crippen LogP contribution in [0.3, 0.4) is 0 Å². The summed E-state index contributed by atoms with van der Waals surface area (Å²) in [4.78, 5) is 13.3. The summed E-state index contributed by atoms with van der Waals surface area (Å²) in [6, 6.07) is 7.28. The first-order chi connectivity index (χ1) is 9.29. The Labute approximate surface area is 135 Å². The van der Waals surface area contributed by atoms with Gasteiger partial charge in [0.15, 0.2) is 0 Å². The van der Waals surface area contributed by atoms with E-state index in [0.717, 1.165) is 23.6 Å². The molecule has 0 saturated carbocycles. The molecule has 0 saturated heterocycles. The van der Waals surface area contributed by atoms with Gasteiger partial charge in [-0.1, -0.05) is 52.5 Å². The zero-order valence-electron chi connectivity index (χ0n) is 11.8. The fraction of sp³-hybridized carbons (Fsp3) is 0.500. The lowest BCUT2D eigenvalue weighted by Crippen LogP contribution is -3.18. The molecule has 0 bridgehead atoms. The van der Waals surface area contributed by atoms with Crippen molar-refractivity contribution in [2.24, 2.45) is 0 Å². The number of benzene rings is 1. The van der Waals surface area contributed by atoms with Gasteiger partial charge in [-0.3, -0.25) is 10.1 Å².